The van der Waals surface area contributed by atoms with Crippen molar-refractivity contribution in [2.75, 3.05) is 0 Å². The summed E-state index contributed by atoms with van der Waals surface area (Å²) in [4.78, 5) is 12.2. The lowest BCUT2D eigenvalue weighted by atomic mass is 9.95. The van der Waals surface area contributed by atoms with Crippen molar-refractivity contribution in [3.63, 3.8) is 0 Å². The molecular formula is C16H23BrN2O2. The number of nitrogens with one attached hydrogen (secondary N) is 1. The number of rotatable bonds is 5. The first-order chi connectivity index (χ1) is 10.1. The van der Waals surface area contributed by atoms with Crippen LogP contribution in [0.2, 0.25) is 0 Å². The van der Waals surface area contributed by atoms with Crippen LogP contribution in [-0.4, -0.2) is 18.1 Å². The van der Waals surface area contributed by atoms with E-state index in [0.29, 0.717) is 18.3 Å². The zero-order valence-electron chi connectivity index (χ0n) is 12.4. The quantitative estimate of drug-likeness (QED) is 0.853. The lowest BCUT2D eigenvalue weighted by molar-refractivity contribution is -0.128. The van der Waals surface area contributed by atoms with Crippen LogP contribution in [0.1, 0.15) is 44.6 Å². The molecule has 3 N–H and O–H groups in total. The van der Waals surface area contributed by atoms with E-state index in [1.54, 1.807) is 6.92 Å². The Balaban J connectivity index is 1.93. The standard InChI is InChI=1S/C16H23BrN2O2/c1-11(16(20)19-14-5-3-2-4-6-14)21-15-8-7-13(17)9-12(15)10-18/h7-9,11,14H,2-6,10,18H2,1H3,(H,19,20). The number of carbonyl (C=O) groups is 1. The van der Waals surface area contributed by atoms with Gasteiger partial charge in [0.15, 0.2) is 6.10 Å². The molecule has 5 heteroatoms. The summed E-state index contributed by atoms with van der Waals surface area (Å²) < 4.78 is 6.74. The van der Waals surface area contributed by atoms with E-state index in [1.165, 1.54) is 19.3 Å². The molecule has 1 saturated carbocycles. The number of halogens is 1. The molecule has 1 aliphatic rings. The van der Waals surface area contributed by atoms with Crippen molar-refractivity contribution in [2.45, 2.75) is 57.7 Å². The molecule has 1 unspecified atom stereocenters. The molecule has 1 aromatic carbocycles. The Morgan fingerprint density at radius 1 is 1.43 bits per heavy atom. The number of benzene rings is 1. The molecule has 0 saturated heterocycles. The summed E-state index contributed by atoms with van der Waals surface area (Å²) >= 11 is 3.41. The maximum atomic E-state index is 12.2. The average Bonchev–Trinajstić information content (AvgIpc) is 2.49. The van der Waals surface area contributed by atoms with E-state index in [1.807, 2.05) is 18.2 Å². The van der Waals surface area contributed by atoms with E-state index >= 15 is 0 Å². The minimum absolute atomic E-state index is 0.0483. The molecule has 0 heterocycles. The Morgan fingerprint density at radius 2 is 2.14 bits per heavy atom. The molecule has 116 valence electrons. The fourth-order valence-corrected chi connectivity index (χ4v) is 3.04. The monoisotopic (exact) mass is 354 g/mol. The normalized spacial score (nSPS) is 17.3. The van der Waals surface area contributed by atoms with Gasteiger partial charge in [0.2, 0.25) is 0 Å². The van der Waals surface area contributed by atoms with Crippen LogP contribution >= 0.6 is 15.9 Å². The van der Waals surface area contributed by atoms with Crippen molar-refractivity contribution in [1.29, 1.82) is 0 Å². The minimum Gasteiger partial charge on any atom is -0.481 e. The highest BCUT2D eigenvalue weighted by molar-refractivity contribution is 9.10. The number of hydrogen-bond acceptors (Lipinski definition) is 3. The van der Waals surface area contributed by atoms with Gasteiger partial charge in [0.1, 0.15) is 5.75 Å². The Labute approximate surface area is 134 Å². The number of hydrogen-bond donors (Lipinski definition) is 2. The number of carbonyl (C=O) groups excluding carboxylic acids is 1. The smallest absolute Gasteiger partial charge is 0.260 e. The highest BCUT2D eigenvalue weighted by Gasteiger charge is 2.21. The molecule has 0 aromatic heterocycles. The summed E-state index contributed by atoms with van der Waals surface area (Å²) in [5.41, 5.74) is 6.61. The zero-order chi connectivity index (χ0) is 15.2. The summed E-state index contributed by atoms with van der Waals surface area (Å²) in [6, 6.07) is 5.95. The van der Waals surface area contributed by atoms with Gasteiger partial charge in [-0.1, -0.05) is 35.2 Å². The van der Waals surface area contributed by atoms with E-state index in [-0.39, 0.29) is 5.91 Å². The van der Waals surface area contributed by atoms with Crippen LogP contribution in [0.3, 0.4) is 0 Å². The average molecular weight is 355 g/mol. The molecule has 0 spiro atoms. The molecular weight excluding hydrogens is 332 g/mol. The van der Waals surface area contributed by atoms with Crippen molar-refractivity contribution in [3.05, 3.63) is 28.2 Å². The van der Waals surface area contributed by atoms with Crippen molar-refractivity contribution in [1.82, 2.24) is 5.32 Å². The Kier molecular flexibility index (Phi) is 6.06. The number of amides is 1. The van der Waals surface area contributed by atoms with Gasteiger partial charge in [0.05, 0.1) is 0 Å². The molecule has 0 bridgehead atoms. The van der Waals surface area contributed by atoms with Crippen LogP contribution in [0.15, 0.2) is 22.7 Å². The maximum Gasteiger partial charge on any atom is 0.260 e. The van der Waals surface area contributed by atoms with Gasteiger partial charge < -0.3 is 15.8 Å². The van der Waals surface area contributed by atoms with Crippen LogP contribution in [0, 0.1) is 0 Å². The summed E-state index contributed by atoms with van der Waals surface area (Å²) in [6.07, 6.45) is 5.31. The molecule has 4 nitrogen and oxygen atoms in total. The highest BCUT2D eigenvalue weighted by Crippen LogP contribution is 2.24. The van der Waals surface area contributed by atoms with Gasteiger partial charge in [0, 0.05) is 22.6 Å². The first-order valence-electron chi connectivity index (χ1n) is 7.55. The number of ether oxygens (including phenoxy) is 1. The van der Waals surface area contributed by atoms with Crippen LogP contribution < -0.4 is 15.8 Å². The Morgan fingerprint density at radius 3 is 2.81 bits per heavy atom. The third-order valence-corrected chi connectivity index (χ3v) is 4.36. The number of nitrogens with two attached hydrogens (primary N) is 1. The van der Waals surface area contributed by atoms with Crippen molar-refractivity contribution in [2.24, 2.45) is 5.73 Å². The molecule has 21 heavy (non-hydrogen) atoms. The second-order valence-electron chi connectivity index (χ2n) is 5.56. The molecule has 1 aliphatic carbocycles. The Bertz CT molecular complexity index is 487. The summed E-state index contributed by atoms with van der Waals surface area (Å²) in [6.45, 7) is 2.16. The molecule has 1 atom stereocenters. The third-order valence-electron chi connectivity index (χ3n) is 3.87. The highest BCUT2D eigenvalue weighted by atomic mass is 79.9. The summed E-state index contributed by atoms with van der Waals surface area (Å²) in [7, 11) is 0. The molecule has 1 fully saturated rings. The topological polar surface area (TPSA) is 64.3 Å². The fraction of sp³-hybridized carbons (Fsp3) is 0.562. The van der Waals surface area contributed by atoms with Crippen LogP contribution in [-0.2, 0) is 11.3 Å². The molecule has 1 amide bonds. The van der Waals surface area contributed by atoms with Crippen molar-refractivity contribution < 1.29 is 9.53 Å². The first-order valence-corrected chi connectivity index (χ1v) is 8.35. The van der Waals surface area contributed by atoms with Gasteiger partial charge in [-0.05, 0) is 38.0 Å². The second kappa shape index (κ2) is 7.80. The van der Waals surface area contributed by atoms with Crippen molar-refractivity contribution in [3.8, 4) is 5.75 Å². The van der Waals surface area contributed by atoms with Gasteiger partial charge >= 0.3 is 0 Å². The molecule has 0 radical (unpaired) electrons. The van der Waals surface area contributed by atoms with Gasteiger partial charge in [-0.2, -0.15) is 0 Å². The zero-order valence-corrected chi connectivity index (χ0v) is 14.0. The first kappa shape index (κ1) is 16.3. The molecule has 1 aromatic rings. The largest absolute Gasteiger partial charge is 0.481 e. The summed E-state index contributed by atoms with van der Waals surface area (Å²) in [5, 5.41) is 3.08. The van der Waals surface area contributed by atoms with Gasteiger partial charge in [-0.25, -0.2) is 0 Å². The predicted octanol–water partition coefficient (Wildman–Crippen LogP) is 3.12. The predicted molar refractivity (Wildman–Crippen MR) is 87.1 cm³/mol. The van der Waals surface area contributed by atoms with E-state index < -0.39 is 6.10 Å². The second-order valence-corrected chi connectivity index (χ2v) is 6.48. The molecule has 0 aliphatic heterocycles. The lowest BCUT2D eigenvalue weighted by Crippen LogP contribution is -2.43. The van der Waals surface area contributed by atoms with Gasteiger partial charge in [0.25, 0.3) is 5.91 Å². The SMILES string of the molecule is CC(Oc1ccc(Br)cc1CN)C(=O)NC1CCCCC1. The third kappa shape index (κ3) is 4.71. The van der Waals surface area contributed by atoms with Crippen LogP contribution in [0.5, 0.6) is 5.75 Å². The Hall–Kier alpha value is -1.07. The van der Waals surface area contributed by atoms with Gasteiger partial charge in [-0.3, -0.25) is 4.79 Å². The molecule has 2 rings (SSSR count). The van der Waals surface area contributed by atoms with E-state index in [4.69, 9.17) is 10.5 Å². The van der Waals surface area contributed by atoms with E-state index in [2.05, 4.69) is 21.2 Å². The maximum absolute atomic E-state index is 12.2. The van der Waals surface area contributed by atoms with Crippen molar-refractivity contribution >= 4 is 21.8 Å². The fourth-order valence-electron chi connectivity index (χ4n) is 2.63. The van der Waals surface area contributed by atoms with Crippen LogP contribution in [0.25, 0.3) is 0 Å². The minimum atomic E-state index is -0.515. The lowest BCUT2D eigenvalue weighted by Gasteiger charge is -2.25. The van der Waals surface area contributed by atoms with E-state index in [9.17, 15) is 4.79 Å². The van der Waals surface area contributed by atoms with E-state index in [0.717, 1.165) is 22.9 Å². The van der Waals surface area contributed by atoms with Crippen LogP contribution in [0.4, 0.5) is 0 Å². The van der Waals surface area contributed by atoms with Gasteiger partial charge in [-0.15, -0.1) is 0 Å². The summed E-state index contributed by atoms with van der Waals surface area (Å²) in [5.74, 6) is 0.625.